The second-order valence-corrected chi connectivity index (χ2v) is 5.21. The summed E-state index contributed by atoms with van der Waals surface area (Å²) in [5, 5.41) is -0.0896. The van der Waals surface area contributed by atoms with Crippen LogP contribution in [-0.2, 0) is 6.54 Å². The van der Waals surface area contributed by atoms with Gasteiger partial charge in [-0.3, -0.25) is 0 Å². The van der Waals surface area contributed by atoms with Crippen molar-refractivity contribution < 1.29 is 0 Å². The van der Waals surface area contributed by atoms with Crippen LogP contribution in [0.3, 0.4) is 0 Å². The summed E-state index contributed by atoms with van der Waals surface area (Å²) >= 11 is 6.20. The van der Waals surface area contributed by atoms with Crippen LogP contribution in [0.4, 0.5) is 0 Å². The Morgan fingerprint density at radius 3 is 2.82 bits per heavy atom. The normalized spacial score (nSPS) is 15.1. The van der Waals surface area contributed by atoms with Gasteiger partial charge in [0.05, 0.1) is 5.38 Å². The zero-order valence-corrected chi connectivity index (χ0v) is 11.3. The Labute approximate surface area is 107 Å². The molecule has 0 amide bonds. The summed E-state index contributed by atoms with van der Waals surface area (Å²) in [5.41, 5.74) is 1.87. The van der Waals surface area contributed by atoms with E-state index in [-0.39, 0.29) is 5.38 Å². The van der Waals surface area contributed by atoms with E-state index in [0.29, 0.717) is 5.92 Å². The molecule has 0 N–H and O–H groups in total. The third-order valence-corrected chi connectivity index (χ3v) is 3.28. The molecule has 2 rings (SSSR count). The van der Waals surface area contributed by atoms with Gasteiger partial charge in [-0.2, -0.15) is 0 Å². The number of pyridine rings is 1. The fourth-order valence-electron chi connectivity index (χ4n) is 1.90. The van der Waals surface area contributed by atoms with Gasteiger partial charge in [0.25, 0.3) is 0 Å². The molecule has 0 aromatic carbocycles. The van der Waals surface area contributed by atoms with Crippen LogP contribution in [0, 0.1) is 5.92 Å². The van der Waals surface area contributed by atoms with E-state index in [0.717, 1.165) is 30.0 Å². The number of rotatable bonds is 4. The molecule has 2 atom stereocenters. The van der Waals surface area contributed by atoms with E-state index in [1.165, 1.54) is 0 Å². The van der Waals surface area contributed by atoms with Crippen LogP contribution >= 0.6 is 11.6 Å². The van der Waals surface area contributed by atoms with E-state index in [9.17, 15) is 0 Å². The van der Waals surface area contributed by atoms with Gasteiger partial charge in [-0.1, -0.05) is 20.3 Å². The van der Waals surface area contributed by atoms with Crippen LogP contribution in [0.25, 0.3) is 11.2 Å². The van der Waals surface area contributed by atoms with Crippen molar-refractivity contribution in [2.45, 2.75) is 39.1 Å². The number of halogens is 1. The summed E-state index contributed by atoms with van der Waals surface area (Å²) in [7, 11) is 0. The summed E-state index contributed by atoms with van der Waals surface area (Å²) in [4.78, 5) is 8.98. The maximum absolute atomic E-state index is 6.20. The van der Waals surface area contributed by atoms with Gasteiger partial charge < -0.3 is 4.57 Å². The molecule has 0 spiro atoms. The number of fused-ring (bicyclic) bond motifs is 1. The Morgan fingerprint density at radius 2 is 2.18 bits per heavy atom. The molecular weight excluding hydrogens is 234 g/mol. The lowest BCUT2D eigenvalue weighted by Gasteiger charge is -2.14. The zero-order valence-electron chi connectivity index (χ0n) is 10.5. The first kappa shape index (κ1) is 12.4. The molecule has 17 heavy (non-hydrogen) atoms. The number of aromatic nitrogens is 3. The van der Waals surface area contributed by atoms with Gasteiger partial charge in [0.1, 0.15) is 11.3 Å². The van der Waals surface area contributed by atoms with Crippen molar-refractivity contribution in [1.29, 1.82) is 0 Å². The van der Waals surface area contributed by atoms with Gasteiger partial charge >= 0.3 is 0 Å². The largest absolute Gasteiger partial charge is 0.311 e. The summed E-state index contributed by atoms with van der Waals surface area (Å²) in [6, 6.07) is 3.89. The van der Waals surface area contributed by atoms with Crippen molar-refractivity contribution in [3.8, 4) is 0 Å². The second-order valence-electron chi connectivity index (χ2n) is 4.56. The Hall–Kier alpha value is -1.09. The highest BCUT2D eigenvalue weighted by molar-refractivity contribution is 6.20. The quantitative estimate of drug-likeness (QED) is 0.775. The molecule has 2 aromatic rings. The molecule has 2 unspecified atom stereocenters. The monoisotopic (exact) mass is 251 g/mol. The number of hydrogen-bond donors (Lipinski definition) is 0. The summed E-state index contributed by atoms with van der Waals surface area (Å²) in [6.45, 7) is 7.31. The van der Waals surface area contributed by atoms with E-state index in [1.54, 1.807) is 6.20 Å². The van der Waals surface area contributed by atoms with Crippen LogP contribution in [0.2, 0.25) is 0 Å². The molecule has 0 aliphatic heterocycles. The second kappa shape index (κ2) is 5.05. The minimum atomic E-state index is -0.0896. The molecule has 0 aliphatic rings. The molecule has 0 bridgehead atoms. The predicted molar refractivity (Wildman–Crippen MR) is 71.3 cm³/mol. The van der Waals surface area contributed by atoms with Gasteiger partial charge in [0.15, 0.2) is 5.65 Å². The summed E-state index contributed by atoms with van der Waals surface area (Å²) in [5.74, 6) is 1.52. The maximum atomic E-state index is 6.20. The van der Waals surface area contributed by atoms with Gasteiger partial charge in [-0.25, -0.2) is 9.97 Å². The number of hydrogen-bond acceptors (Lipinski definition) is 2. The van der Waals surface area contributed by atoms with Crippen molar-refractivity contribution >= 4 is 22.8 Å². The highest BCUT2D eigenvalue weighted by atomic mass is 35.5. The molecule has 0 saturated heterocycles. The highest BCUT2D eigenvalue weighted by Gasteiger charge is 2.16. The van der Waals surface area contributed by atoms with Crippen molar-refractivity contribution in [1.82, 2.24) is 14.5 Å². The molecule has 0 fully saturated rings. The molecule has 4 heteroatoms. The van der Waals surface area contributed by atoms with E-state index in [2.05, 4.69) is 28.4 Å². The predicted octanol–water partition coefficient (Wildman–Crippen LogP) is 3.78. The molecule has 0 radical (unpaired) electrons. The minimum absolute atomic E-state index is 0.0896. The minimum Gasteiger partial charge on any atom is -0.311 e. The fourth-order valence-corrected chi connectivity index (χ4v) is 2.07. The number of imidazole rings is 1. The molecule has 92 valence electrons. The lowest BCUT2D eigenvalue weighted by Crippen LogP contribution is -2.11. The molecular formula is C13H18ClN3. The van der Waals surface area contributed by atoms with Crippen LogP contribution < -0.4 is 0 Å². The van der Waals surface area contributed by atoms with Crippen LogP contribution in [0.1, 0.15) is 38.4 Å². The standard InChI is InChI=1S/C13H18ClN3/c1-4-9(2)8-17-12(10(3)14)16-11-6-5-7-15-13(11)17/h5-7,9-10H,4,8H2,1-3H3. The van der Waals surface area contributed by atoms with Crippen LogP contribution in [-0.4, -0.2) is 14.5 Å². The Morgan fingerprint density at radius 1 is 1.41 bits per heavy atom. The third kappa shape index (κ3) is 2.44. The van der Waals surface area contributed by atoms with Gasteiger partial charge in [-0.15, -0.1) is 11.6 Å². The van der Waals surface area contributed by atoms with Crippen LogP contribution in [0.15, 0.2) is 18.3 Å². The van der Waals surface area contributed by atoms with Crippen LogP contribution in [0.5, 0.6) is 0 Å². The summed E-state index contributed by atoms with van der Waals surface area (Å²) < 4.78 is 2.15. The van der Waals surface area contributed by atoms with Gasteiger partial charge in [0, 0.05) is 12.7 Å². The SMILES string of the molecule is CCC(C)Cn1c(C(C)Cl)nc2cccnc21. The first-order valence-electron chi connectivity index (χ1n) is 6.08. The third-order valence-electron chi connectivity index (χ3n) is 3.08. The maximum Gasteiger partial charge on any atom is 0.160 e. The highest BCUT2D eigenvalue weighted by Crippen LogP contribution is 2.24. The lowest BCUT2D eigenvalue weighted by atomic mass is 10.1. The average Bonchev–Trinajstić information content (AvgIpc) is 2.68. The first-order valence-corrected chi connectivity index (χ1v) is 6.52. The van der Waals surface area contributed by atoms with E-state index in [1.807, 2.05) is 19.1 Å². The molecule has 2 heterocycles. The number of nitrogens with zero attached hydrogens (tertiary/aromatic N) is 3. The molecule has 0 saturated carbocycles. The van der Waals surface area contributed by atoms with E-state index < -0.39 is 0 Å². The Bertz CT molecular complexity index is 504. The Kier molecular flexibility index (Phi) is 3.67. The summed E-state index contributed by atoms with van der Waals surface area (Å²) in [6.07, 6.45) is 2.95. The van der Waals surface area contributed by atoms with Crippen molar-refractivity contribution in [2.24, 2.45) is 5.92 Å². The fraction of sp³-hybridized carbons (Fsp3) is 0.538. The molecule has 0 aliphatic carbocycles. The van der Waals surface area contributed by atoms with Crippen molar-refractivity contribution in [2.75, 3.05) is 0 Å². The van der Waals surface area contributed by atoms with Crippen molar-refractivity contribution in [3.63, 3.8) is 0 Å². The van der Waals surface area contributed by atoms with E-state index in [4.69, 9.17) is 11.6 Å². The number of alkyl halides is 1. The molecule has 2 aromatic heterocycles. The lowest BCUT2D eigenvalue weighted by molar-refractivity contribution is 0.464. The molecule has 3 nitrogen and oxygen atoms in total. The smallest absolute Gasteiger partial charge is 0.160 e. The van der Waals surface area contributed by atoms with Crippen molar-refractivity contribution in [3.05, 3.63) is 24.2 Å². The average molecular weight is 252 g/mol. The van der Waals surface area contributed by atoms with Gasteiger partial charge in [-0.05, 0) is 25.0 Å². The first-order chi connectivity index (χ1) is 8.13. The van der Waals surface area contributed by atoms with Gasteiger partial charge in [0.2, 0.25) is 0 Å². The topological polar surface area (TPSA) is 30.7 Å². The zero-order chi connectivity index (χ0) is 12.4. The Balaban J connectivity index is 2.52. The van der Waals surface area contributed by atoms with E-state index >= 15 is 0 Å².